The molecule has 0 saturated carbocycles. The van der Waals surface area contributed by atoms with Crippen molar-refractivity contribution in [3.63, 3.8) is 0 Å². The molecule has 1 aliphatic carbocycles. The number of benzene rings is 1. The summed E-state index contributed by atoms with van der Waals surface area (Å²) >= 11 is 1.87. The number of thiophene rings is 1. The maximum absolute atomic E-state index is 10.6. The Labute approximate surface area is 117 Å². The summed E-state index contributed by atoms with van der Waals surface area (Å²) in [6, 6.07) is 10.8. The minimum atomic E-state index is -0.323. The van der Waals surface area contributed by atoms with Gasteiger partial charge in [-0.15, -0.1) is 11.3 Å². The van der Waals surface area contributed by atoms with Crippen molar-refractivity contribution in [1.82, 2.24) is 4.90 Å². The van der Waals surface area contributed by atoms with Crippen LogP contribution in [0.25, 0.3) is 0 Å². The second-order valence-electron chi connectivity index (χ2n) is 5.50. The number of rotatable bonds is 1. The van der Waals surface area contributed by atoms with Gasteiger partial charge in [-0.3, -0.25) is 4.90 Å². The molecule has 19 heavy (non-hydrogen) atoms. The summed E-state index contributed by atoms with van der Waals surface area (Å²) in [4.78, 5) is 3.99. The highest BCUT2D eigenvalue weighted by Gasteiger charge is 2.36. The highest BCUT2D eigenvalue weighted by molar-refractivity contribution is 7.10. The van der Waals surface area contributed by atoms with Gasteiger partial charge in [0.25, 0.3) is 0 Å². The van der Waals surface area contributed by atoms with E-state index in [1.165, 1.54) is 16.0 Å². The molecular formula is C16H17NOS. The van der Waals surface area contributed by atoms with Gasteiger partial charge in [-0.1, -0.05) is 24.3 Å². The van der Waals surface area contributed by atoms with Crippen molar-refractivity contribution in [2.75, 3.05) is 6.54 Å². The fourth-order valence-electron chi connectivity index (χ4n) is 3.43. The van der Waals surface area contributed by atoms with E-state index >= 15 is 0 Å². The van der Waals surface area contributed by atoms with Gasteiger partial charge >= 0.3 is 0 Å². The zero-order valence-corrected chi connectivity index (χ0v) is 11.6. The molecule has 2 heterocycles. The topological polar surface area (TPSA) is 23.5 Å². The van der Waals surface area contributed by atoms with Gasteiger partial charge in [0.05, 0.1) is 6.10 Å². The van der Waals surface area contributed by atoms with Crippen molar-refractivity contribution < 1.29 is 5.11 Å². The quantitative estimate of drug-likeness (QED) is 0.862. The van der Waals surface area contributed by atoms with Gasteiger partial charge in [0.2, 0.25) is 0 Å². The molecule has 1 aromatic heterocycles. The zero-order valence-electron chi connectivity index (χ0n) is 10.7. The number of aliphatic hydroxyl groups excluding tert-OH is 1. The zero-order chi connectivity index (χ0) is 12.8. The van der Waals surface area contributed by atoms with E-state index in [1.807, 2.05) is 17.4 Å². The van der Waals surface area contributed by atoms with E-state index in [4.69, 9.17) is 0 Å². The first-order chi connectivity index (χ1) is 9.33. The summed E-state index contributed by atoms with van der Waals surface area (Å²) in [5, 5.41) is 12.7. The molecule has 3 heteroatoms. The fourth-order valence-corrected chi connectivity index (χ4v) is 4.32. The minimum absolute atomic E-state index is 0.255. The molecule has 0 radical (unpaired) electrons. The van der Waals surface area contributed by atoms with E-state index in [2.05, 4.69) is 34.5 Å². The molecule has 0 saturated heterocycles. The smallest absolute Gasteiger partial charge is 0.0951 e. The largest absolute Gasteiger partial charge is 0.387 e. The maximum atomic E-state index is 10.6. The van der Waals surface area contributed by atoms with Gasteiger partial charge in [0, 0.05) is 24.0 Å². The van der Waals surface area contributed by atoms with Gasteiger partial charge in [-0.25, -0.2) is 0 Å². The van der Waals surface area contributed by atoms with Crippen molar-refractivity contribution in [3.05, 3.63) is 57.3 Å². The SMILES string of the molecule is OC1c2ccccc2CC1N1CCc2sccc2C1. The summed E-state index contributed by atoms with van der Waals surface area (Å²) in [7, 11) is 0. The van der Waals surface area contributed by atoms with Crippen LogP contribution in [0.2, 0.25) is 0 Å². The maximum Gasteiger partial charge on any atom is 0.0951 e. The van der Waals surface area contributed by atoms with Crippen LogP contribution in [0, 0.1) is 0 Å². The Kier molecular flexibility index (Phi) is 2.72. The number of nitrogens with zero attached hydrogens (tertiary/aromatic N) is 1. The molecule has 2 unspecified atom stereocenters. The molecule has 0 fully saturated rings. The molecule has 4 rings (SSSR count). The monoisotopic (exact) mass is 271 g/mol. The highest BCUT2D eigenvalue weighted by Crippen LogP contribution is 2.36. The first-order valence-corrected chi connectivity index (χ1v) is 7.76. The molecule has 2 nitrogen and oxygen atoms in total. The van der Waals surface area contributed by atoms with E-state index in [1.54, 1.807) is 0 Å². The number of fused-ring (bicyclic) bond motifs is 2. The molecular weight excluding hydrogens is 254 g/mol. The van der Waals surface area contributed by atoms with Gasteiger partial charge in [-0.05, 0) is 41.0 Å². The first-order valence-electron chi connectivity index (χ1n) is 6.88. The fraction of sp³-hybridized carbons (Fsp3) is 0.375. The van der Waals surface area contributed by atoms with E-state index in [9.17, 15) is 5.11 Å². The number of hydrogen-bond donors (Lipinski definition) is 1. The Morgan fingerprint density at radius 3 is 2.95 bits per heavy atom. The van der Waals surface area contributed by atoms with Crippen molar-refractivity contribution in [2.24, 2.45) is 0 Å². The molecule has 98 valence electrons. The Hall–Kier alpha value is -1.16. The van der Waals surface area contributed by atoms with Crippen LogP contribution in [0.5, 0.6) is 0 Å². The second kappa shape index (κ2) is 4.44. The van der Waals surface area contributed by atoms with Gasteiger partial charge < -0.3 is 5.11 Å². The molecule has 0 amide bonds. The van der Waals surface area contributed by atoms with E-state index in [0.29, 0.717) is 0 Å². The third-order valence-electron chi connectivity index (χ3n) is 4.47. The lowest BCUT2D eigenvalue weighted by Crippen LogP contribution is -2.41. The number of aliphatic hydroxyl groups is 1. The van der Waals surface area contributed by atoms with Gasteiger partial charge in [0.1, 0.15) is 0 Å². The average molecular weight is 271 g/mol. The Morgan fingerprint density at radius 2 is 2.05 bits per heavy atom. The van der Waals surface area contributed by atoms with Crippen molar-refractivity contribution >= 4 is 11.3 Å². The van der Waals surface area contributed by atoms with Crippen LogP contribution in [0.3, 0.4) is 0 Å². The lowest BCUT2D eigenvalue weighted by Gasteiger charge is -2.34. The lowest BCUT2D eigenvalue weighted by atomic mass is 10.0. The molecule has 0 spiro atoms. The molecule has 2 aromatic rings. The van der Waals surface area contributed by atoms with Crippen LogP contribution in [-0.4, -0.2) is 22.6 Å². The molecule has 2 aliphatic rings. The van der Waals surface area contributed by atoms with Crippen molar-refractivity contribution in [3.8, 4) is 0 Å². The van der Waals surface area contributed by atoms with E-state index in [0.717, 1.165) is 31.5 Å². The Bertz CT molecular complexity index is 606. The summed E-state index contributed by atoms with van der Waals surface area (Å²) in [5.41, 5.74) is 3.90. The van der Waals surface area contributed by atoms with E-state index < -0.39 is 0 Å². The molecule has 1 aliphatic heterocycles. The van der Waals surface area contributed by atoms with Crippen LogP contribution in [-0.2, 0) is 19.4 Å². The van der Waals surface area contributed by atoms with Crippen LogP contribution in [0.4, 0.5) is 0 Å². The van der Waals surface area contributed by atoms with Crippen LogP contribution in [0.15, 0.2) is 35.7 Å². The Balaban J connectivity index is 1.60. The van der Waals surface area contributed by atoms with Gasteiger partial charge in [-0.2, -0.15) is 0 Å². The standard InChI is InChI=1S/C16H17NOS/c18-16-13-4-2-1-3-11(13)9-14(16)17-7-5-15-12(10-17)6-8-19-15/h1-4,6,8,14,16,18H,5,7,9-10H2. The van der Waals surface area contributed by atoms with E-state index in [-0.39, 0.29) is 12.1 Å². The normalized spacial score (nSPS) is 26.2. The van der Waals surface area contributed by atoms with Crippen LogP contribution in [0.1, 0.15) is 27.7 Å². The highest BCUT2D eigenvalue weighted by atomic mass is 32.1. The molecule has 0 bridgehead atoms. The molecule has 1 N–H and O–H groups in total. The average Bonchev–Trinajstić information content (AvgIpc) is 3.03. The summed E-state index contributed by atoms with van der Waals surface area (Å²) in [5.74, 6) is 0. The predicted molar refractivity (Wildman–Crippen MR) is 77.3 cm³/mol. The predicted octanol–water partition coefficient (Wildman–Crippen LogP) is 2.76. The first kappa shape index (κ1) is 11.6. The molecule has 1 aromatic carbocycles. The van der Waals surface area contributed by atoms with Crippen molar-refractivity contribution in [2.45, 2.75) is 31.5 Å². The summed E-state index contributed by atoms with van der Waals surface area (Å²) in [6.07, 6.45) is 1.79. The minimum Gasteiger partial charge on any atom is -0.387 e. The van der Waals surface area contributed by atoms with Gasteiger partial charge in [0.15, 0.2) is 0 Å². The number of hydrogen-bond acceptors (Lipinski definition) is 3. The summed E-state index contributed by atoms with van der Waals surface area (Å²) in [6.45, 7) is 2.07. The van der Waals surface area contributed by atoms with Crippen LogP contribution < -0.4 is 0 Å². The van der Waals surface area contributed by atoms with Crippen molar-refractivity contribution in [1.29, 1.82) is 0 Å². The Morgan fingerprint density at radius 1 is 1.16 bits per heavy atom. The van der Waals surface area contributed by atoms with Crippen LogP contribution >= 0.6 is 11.3 Å². The lowest BCUT2D eigenvalue weighted by molar-refractivity contribution is 0.0530. The summed E-state index contributed by atoms with van der Waals surface area (Å²) < 4.78 is 0. The third kappa shape index (κ3) is 1.84. The molecule has 2 atom stereocenters. The second-order valence-corrected chi connectivity index (χ2v) is 6.51. The third-order valence-corrected chi connectivity index (χ3v) is 5.50.